The molecule has 0 spiro atoms. The highest BCUT2D eigenvalue weighted by Crippen LogP contribution is 2.28. The summed E-state index contributed by atoms with van der Waals surface area (Å²) in [4.78, 5) is 0. The number of ether oxygens (including phenoxy) is 2. The lowest BCUT2D eigenvalue weighted by molar-refractivity contribution is -0.670. The van der Waals surface area contributed by atoms with Gasteiger partial charge in [0.2, 0.25) is 0 Å². The fourth-order valence-electron chi connectivity index (χ4n) is 2.90. The van der Waals surface area contributed by atoms with Crippen molar-refractivity contribution in [1.29, 1.82) is 0 Å². The normalized spacial score (nSPS) is 10.8. The van der Waals surface area contributed by atoms with Gasteiger partial charge in [-0.05, 0) is 54.1 Å². The molecule has 2 N–H and O–H groups in total. The van der Waals surface area contributed by atoms with E-state index in [-0.39, 0.29) is 6.61 Å². The highest BCUT2D eigenvalue weighted by Gasteiger charge is 2.12. The molecule has 0 saturated heterocycles. The maximum atomic E-state index is 5.96. The van der Waals surface area contributed by atoms with Gasteiger partial charge in [0, 0.05) is 5.56 Å². The van der Waals surface area contributed by atoms with Gasteiger partial charge >= 0.3 is 0 Å². The highest BCUT2D eigenvalue weighted by atomic mass is 16.5. The summed E-state index contributed by atoms with van der Waals surface area (Å²) < 4.78 is 13.2. The molecule has 0 amide bonds. The minimum absolute atomic E-state index is 0.249. The van der Waals surface area contributed by atoms with Gasteiger partial charge < -0.3 is 14.8 Å². The van der Waals surface area contributed by atoms with Crippen molar-refractivity contribution in [2.45, 2.75) is 39.8 Å². The number of aromatic nitrogens is 4. The fourth-order valence-corrected chi connectivity index (χ4v) is 2.90. The van der Waals surface area contributed by atoms with Crippen molar-refractivity contribution in [3.05, 3.63) is 59.4 Å². The van der Waals surface area contributed by atoms with Crippen molar-refractivity contribution in [2.24, 2.45) is 0 Å². The predicted molar refractivity (Wildman–Crippen MR) is 107 cm³/mol. The monoisotopic (exact) mass is 382 g/mol. The lowest BCUT2D eigenvalue weighted by atomic mass is 10.2. The van der Waals surface area contributed by atoms with Crippen LogP contribution < -0.4 is 14.8 Å². The molecular formula is C21H28N5O2+. The number of nitrogens with zero attached hydrogens (tertiary/aromatic N) is 4. The Morgan fingerprint density at radius 2 is 1.89 bits per heavy atom. The van der Waals surface area contributed by atoms with E-state index < -0.39 is 0 Å². The molecule has 1 heterocycles. The first kappa shape index (κ1) is 19.8. The van der Waals surface area contributed by atoms with Gasteiger partial charge in [-0.3, -0.25) is 0 Å². The van der Waals surface area contributed by atoms with Crippen LogP contribution in [0.3, 0.4) is 0 Å². The van der Waals surface area contributed by atoms with Crippen LogP contribution in [-0.4, -0.2) is 33.9 Å². The summed E-state index contributed by atoms with van der Waals surface area (Å²) in [5.74, 6) is 2.02. The van der Waals surface area contributed by atoms with Crippen molar-refractivity contribution in [2.75, 3.05) is 13.7 Å². The van der Waals surface area contributed by atoms with Crippen LogP contribution in [-0.2, 0) is 13.2 Å². The largest absolute Gasteiger partial charge is 0.493 e. The van der Waals surface area contributed by atoms with Crippen LogP contribution >= 0.6 is 0 Å². The summed E-state index contributed by atoms with van der Waals surface area (Å²) in [5.41, 5.74) is 3.30. The third-order valence-corrected chi connectivity index (χ3v) is 4.54. The smallest absolute Gasteiger partial charge is 0.194 e. The quantitative estimate of drug-likeness (QED) is 0.545. The Kier molecular flexibility index (Phi) is 6.97. The number of tetrazole rings is 1. The van der Waals surface area contributed by atoms with Crippen molar-refractivity contribution in [3.8, 4) is 17.2 Å². The maximum Gasteiger partial charge on any atom is 0.194 e. The third kappa shape index (κ3) is 5.07. The van der Waals surface area contributed by atoms with Crippen LogP contribution in [0.1, 0.15) is 36.7 Å². The van der Waals surface area contributed by atoms with Crippen LogP contribution in [0.4, 0.5) is 0 Å². The number of hydrogen-bond donors (Lipinski definition) is 1. The van der Waals surface area contributed by atoms with Crippen molar-refractivity contribution >= 4 is 0 Å². The van der Waals surface area contributed by atoms with Gasteiger partial charge in [0.05, 0.1) is 19.3 Å². The van der Waals surface area contributed by atoms with Gasteiger partial charge in [-0.15, -0.1) is 5.10 Å². The molecule has 0 radical (unpaired) electrons. The molecule has 28 heavy (non-hydrogen) atoms. The first-order valence-electron chi connectivity index (χ1n) is 9.67. The van der Waals surface area contributed by atoms with E-state index in [0.29, 0.717) is 11.6 Å². The van der Waals surface area contributed by atoms with E-state index in [1.54, 1.807) is 11.8 Å². The third-order valence-electron chi connectivity index (χ3n) is 4.54. The molecule has 0 aliphatic heterocycles. The maximum absolute atomic E-state index is 5.96. The number of quaternary nitrogens is 1. The van der Waals surface area contributed by atoms with Gasteiger partial charge in [-0.1, -0.05) is 31.0 Å². The Morgan fingerprint density at radius 1 is 1.07 bits per heavy atom. The molecule has 0 unspecified atom stereocenters. The summed E-state index contributed by atoms with van der Waals surface area (Å²) in [6.45, 7) is 6.57. The number of aryl methyl sites for hydroxylation is 1. The van der Waals surface area contributed by atoms with E-state index in [0.717, 1.165) is 24.5 Å². The topological polar surface area (TPSA) is 78.7 Å². The zero-order valence-electron chi connectivity index (χ0n) is 16.8. The molecule has 0 bridgehead atoms. The standard InChI is InChI=1S/C21H27N5O2/c1-4-5-12-22-14-17-8-11-19(20(13-17)27-3)28-15-21-23-24-25-26(21)18-9-6-16(2)7-10-18/h6-11,13,22H,4-5,12,14-15H2,1-3H3/p+1. The molecule has 7 nitrogen and oxygen atoms in total. The molecule has 0 atom stereocenters. The second-order valence-electron chi connectivity index (χ2n) is 6.75. The molecule has 148 valence electrons. The van der Waals surface area contributed by atoms with Crippen LogP contribution in [0.15, 0.2) is 42.5 Å². The second kappa shape index (κ2) is 9.85. The number of nitrogens with two attached hydrogens (primary N) is 1. The van der Waals surface area contributed by atoms with E-state index >= 15 is 0 Å². The minimum Gasteiger partial charge on any atom is -0.493 e. The van der Waals surface area contributed by atoms with E-state index in [1.165, 1.54) is 24.0 Å². The molecule has 0 saturated carbocycles. The number of hydrogen-bond acceptors (Lipinski definition) is 5. The van der Waals surface area contributed by atoms with Crippen molar-refractivity contribution in [1.82, 2.24) is 20.2 Å². The van der Waals surface area contributed by atoms with Gasteiger partial charge in [-0.25, -0.2) is 0 Å². The number of unbranched alkanes of at least 4 members (excludes halogenated alkanes) is 1. The minimum atomic E-state index is 0.249. The first-order chi connectivity index (χ1) is 13.7. The van der Waals surface area contributed by atoms with E-state index in [1.807, 2.05) is 43.3 Å². The van der Waals surface area contributed by atoms with Crippen molar-refractivity contribution < 1.29 is 14.8 Å². The van der Waals surface area contributed by atoms with Crippen LogP contribution in [0, 0.1) is 6.92 Å². The van der Waals surface area contributed by atoms with Crippen molar-refractivity contribution in [3.63, 3.8) is 0 Å². The summed E-state index contributed by atoms with van der Waals surface area (Å²) in [7, 11) is 1.66. The molecule has 0 aliphatic rings. The van der Waals surface area contributed by atoms with E-state index in [9.17, 15) is 0 Å². The molecule has 0 fully saturated rings. The Bertz CT molecular complexity index is 877. The number of rotatable bonds is 10. The van der Waals surface area contributed by atoms with Crippen LogP contribution in [0.2, 0.25) is 0 Å². The average molecular weight is 382 g/mol. The lowest BCUT2D eigenvalue weighted by Crippen LogP contribution is -2.82. The van der Waals surface area contributed by atoms with Crippen LogP contribution in [0.5, 0.6) is 11.5 Å². The Hall–Kier alpha value is -2.93. The summed E-state index contributed by atoms with van der Waals surface area (Å²) in [6, 6.07) is 14.1. The molecule has 2 aromatic carbocycles. The Morgan fingerprint density at radius 3 is 2.64 bits per heavy atom. The Balaban J connectivity index is 1.66. The first-order valence-corrected chi connectivity index (χ1v) is 9.67. The predicted octanol–water partition coefficient (Wildman–Crippen LogP) is 2.42. The molecular weight excluding hydrogens is 354 g/mol. The average Bonchev–Trinajstić information content (AvgIpc) is 3.19. The summed E-state index contributed by atoms with van der Waals surface area (Å²) in [5, 5.41) is 14.3. The molecule has 0 aliphatic carbocycles. The highest BCUT2D eigenvalue weighted by molar-refractivity contribution is 5.43. The Labute approximate surface area is 165 Å². The molecule has 1 aromatic heterocycles. The number of benzene rings is 2. The van der Waals surface area contributed by atoms with Crippen LogP contribution in [0.25, 0.3) is 5.69 Å². The van der Waals surface area contributed by atoms with Gasteiger partial charge in [-0.2, -0.15) is 4.68 Å². The summed E-state index contributed by atoms with van der Waals surface area (Å²) in [6.07, 6.45) is 2.45. The van der Waals surface area contributed by atoms with E-state index in [2.05, 4.69) is 33.8 Å². The second-order valence-corrected chi connectivity index (χ2v) is 6.75. The van der Waals surface area contributed by atoms with Gasteiger partial charge in [0.1, 0.15) is 6.54 Å². The fraction of sp³-hybridized carbons (Fsp3) is 0.381. The zero-order valence-corrected chi connectivity index (χ0v) is 16.8. The van der Waals surface area contributed by atoms with Gasteiger partial charge in [0.25, 0.3) is 0 Å². The van der Waals surface area contributed by atoms with E-state index in [4.69, 9.17) is 9.47 Å². The summed E-state index contributed by atoms with van der Waals surface area (Å²) >= 11 is 0. The molecule has 3 aromatic rings. The molecule has 3 rings (SSSR count). The lowest BCUT2D eigenvalue weighted by Gasteiger charge is -2.12. The molecule has 7 heteroatoms. The SMILES string of the molecule is CCCC[NH2+]Cc1ccc(OCc2nnnn2-c2ccc(C)cc2)c(OC)c1. The number of methoxy groups -OCH3 is 1. The zero-order chi connectivity index (χ0) is 19.8. The van der Waals surface area contributed by atoms with Gasteiger partial charge in [0.15, 0.2) is 23.9 Å².